The molecule has 16 heavy (non-hydrogen) atoms. The van der Waals surface area contributed by atoms with Crippen molar-refractivity contribution in [2.75, 3.05) is 7.11 Å². The van der Waals surface area contributed by atoms with Gasteiger partial charge in [-0.15, -0.1) is 6.58 Å². The molecule has 86 valence electrons. The number of benzene rings is 1. The van der Waals surface area contributed by atoms with E-state index in [0.717, 1.165) is 11.1 Å². The van der Waals surface area contributed by atoms with Gasteiger partial charge in [0.1, 0.15) is 5.75 Å². The van der Waals surface area contributed by atoms with E-state index in [9.17, 15) is 4.79 Å². The van der Waals surface area contributed by atoms with Crippen molar-refractivity contribution < 1.29 is 14.6 Å². The summed E-state index contributed by atoms with van der Waals surface area (Å²) in [5, 5.41) is 9.10. The average Bonchev–Trinajstić information content (AvgIpc) is 2.26. The number of aliphatic carboxylic acids is 1. The third-order valence-electron chi connectivity index (χ3n) is 2.53. The lowest BCUT2D eigenvalue weighted by atomic mass is 9.95. The van der Waals surface area contributed by atoms with E-state index in [4.69, 9.17) is 9.84 Å². The molecule has 0 heterocycles. The Morgan fingerprint density at radius 3 is 2.81 bits per heavy atom. The lowest BCUT2D eigenvalue weighted by Crippen LogP contribution is -2.11. The molecule has 1 aromatic carbocycles. The molecule has 0 saturated heterocycles. The van der Waals surface area contributed by atoms with Crippen molar-refractivity contribution >= 4 is 5.97 Å². The quantitative estimate of drug-likeness (QED) is 0.776. The van der Waals surface area contributed by atoms with Gasteiger partial charge in [-0.3, -0.25) is 4.79 Å². The third-order valence-corrected chi connectivity index (χ3v) is 2.53. The molecule has 0 bridgehead atoms. The average molecular weight is 220 g/mol. The van der Waals surface area contributed by atoms with Gasteiger partial charge >= 0.3 is 5.97 Å². The van der Waals surface area contributed by atoms with E-state index in [1.165, 1.54) is 0 Å². The van der Waals surface area contributed by atoms with Crippen LogP contribution in [-0.4, -0.2) is 18.2 Å². The first kappa shape index (κ1) is 12.3. The number of carbonyl (C=O) groups is 1. The van der Waals surface area contributed by atoms with Crippen LogP contribution in [0.25, 0.3) is 0 Å². The minimum absolute atomic E-state index is 0.418. The summed E-state index contributed by atoms with van der Waals surface area (Å²) in [4.78, 5) is 11.1. The van der Waals surface area contributed by atoms with E-state index < -0.39 is 11.9 Å². The topological polar surface area (TPSA) is 46.5 Å². The maximum Gasteiger partial charge on any atom is 0.311 e. The van der Waals surface area contributed by atoms with E-state index in [-0.39, 0.29) is 0 Å². The van der Waals surface area contributed by atoms with Crippen molar-refractivity contribution in [3.8, 4) is 5.75 Å². The van der Waals surface area contributed by atoms with Gasteiger partial charge in [-0.2, -0.15) is 0 Å². The van der Waals surface area contributed by atoms with E-state index in [2.05, 4.69) is 6.58 Å². The summed E-state index contributed by atoms with van der Waals surface area (Å²) in [6.45, 7) is 5.50. The first-order chi connectivity index (χ1) is 7.60. The largest absolute Gasteiger partial charge is 0.496 e. The fraction of sp³-hybridized carbons (Fsp3) is 0.308. The maximum atomic E-state index is 11.1. The molecule has 3 nitrogen and oxygen atoms in total. The van der Waals surface area contributed by atoms with Crippen molar-refractivity contribution in [2.24, 2.45) is 0 Å². The van der Waals surface area contributed by atoms with Crippen molar-refractivity contribution in [1.29, 1.82) is 0 Å². The number of carboxylic acids is 1. The molecule has 0 radical (unpaired) electrons. The highest BCUT2D eigenvalue weighted by atomic mass is 16.5. The van der Waals surface area contributed by atoms with Crippen LogP contribution in [0.4, 0.5) is 0 Å². The Hall–Kier alpha value is -1.77. The van der Waals surface area contributed by atoms with Gasteiger partial charge in [-0.25, -0.2) is 0 Å². The van der Waals surface area contributed by atoms with Crippen LogP contribution < -0.4 is 4.74 Å². The molecule has 0 aliphatic heterocycles. The predicted molar refractivity (Wildman–Crippen MR) is 62.9 cm³/mol. The number of hydrogen-bond acceptors (Lipinski definition) is 2. The maximum absolute atomic E-state index is 11.1. The van der Waals surface area contributed by atoms with Gasteiger partial charge in [0.2, 0.25) is 0 Å². The summed E-state index contributed by atoms with van der Waals surface area (Å²) in [6.07, 6.45) is 2.03. The Morgan fingerprint density at radius 2 is 2.31 bits per heavy atom. The van der Waals surface area contributed by atoms with Crippen molar-refractivity contribution in [2.45, 2.75) is 19.3 Å². The van der Waals surface area contributed by atoms with E-state index in [1.54, 1.807) is 19.3 Å². The van der Waals surface area contributed by atoms with E-state index in [1.807, 2.05) is 19.1 Å². The Kier molecular flexibility index (Phi) is 4.11. The predicted octanol–water partition coefficient (Wildman–Crippen LogP) is 2.75. The van der Waals surface area contributed by atoms with Gasteiger partial charge < -0.3 is 9.84 Å². The van der Waals surface area contributed by atoms with Crippen molar-refractivity contribution in [1.82, 2.24) is 0 Å². The van der Waals surface area contributed by atoms with Crippen LogP contribution >= 0.6 is 0 Å². The number of rotatable bonds is 5. The molecule has 0 aliphatic rings. The van der Waals surface area contributed by atoms with Crippen LogP contribution in [0.5, 0.6) is 5.75 Å². The van der Waals surface area contributed by atoms with Gasteiger partial charge in [0, 0.05) is 0 Å². The summed E-state index contributed by atoms with van der Waals surface area (Å²) < 4.78 is 5.17. The zero-order chi connectivity index (χ0) is 12.1. The fourth-order valence-corrected chi connectivity index (χ4v) is 1.60. The Labute approximate surface area is 95.4 Å². The molecule has 3 heteroatoms. The molecule has 0 amide bonds. The Bertz CT molecular complexity index is 396. The third kappa shape index (κ3) is 2.63. The van der Waals surface area contributed by atoms with Gasteiger partial charge in [-0.1, -0.05) is 18.2 Å². The molecular weight excluding hydrogens is 204 g/mol. The fourth-order valence-electron chi connectivity index (χ4n) is 1.60. The van der Waals surface area contributed by atoms with Crippen LogP contribution in [0.3, 0.4) is 0 Å². The first-order valence-electron chi connectivity index (χ1n) is 5.08. The highest BCUT2D eigenvalue weighted by Crippen LogP contribution is 2.26. The smallest absolute Gasteiger partial charge is 0.311 e. The minimum atomic E-state index is -0.842. The summed E-state index contributed by atoms with van der Waals surface area (Å²) >= 11 is 0. The summed E-state index contributed by atoms with van der Waals surface area (Å²) in [7, 11) is 1.58. The normalized spacial score (nSPS) is 11.9. The molecule has 1 rings (SSSR count). The summed E-state index contributed by atoms with van der Waals surface area (Å²) in [5.41, 5.74) is 1.74. The summed E-state index contributed by atoms with van der Waals surface area (Å²) in [6, 6.07) is 5.46. The number of aryl methyl sites for hydroxylation is 1. The SMILES string of the molecule is C=CCC(C(=O)O)c1ccc(C)c(OC)c1. The second-order valence-corrected chi connectivity index (χ2v) is 3.64. The second kappa shape index (κ2) is 5.35. The van der Waals surface area contributed by atoms with Crippen LogP contribution in [-0.2, 0) is 4.79 Å². The van der Waals surface area contributed by atoms with Crippen molar-refractivity contribution in [3.63, 3.8) is 0 Å². The van der Waals surface area contributed by atoms with Crippen LogP contribution in [0.15, 0.2) is 30.9 Å². The van der Waals surface area contributed by atoms with Crippen LogP contribution in [0, 0.1) is 6.92 Å². The zero-order valence-corrected chi connectivity index (χ0v) is 9.56. The number of methoxy groups -OCH3 is 1. The van der Waals surface area contributed by atoms with Gasteiger partial charge in [0.05, 0.1) is 13.0 Å². The zero-order valence-electron chi connectivity index (χ0n) is 9.56. The van der Waals surface area contributed by atoms with Crippen LogP contribution in [0.2, 0.25) is 0 Å². The molecule has 0 aromatic heterocycles. The van der Waals surface area contributed by atoms with E-state index >= 15 is 0 Å². The van der Waals surface area contributed by atoms with Gasteiger partial charge in [0.25, 0.3) is 0 Å². The van der Waals surface area contributed by atoms with E-state index in [0.29, 0.717) is 12.2 Å². The molecule has 0 fully saturated rings. The van der Waals surface area contributed by atoms with Crippen LogP contribution in [0.1, 0.15) is 23.5 Å². The minimum Gasteiger partial charge on any atom is -0.496 e. The van der Waals surface area contributed by atoms with Crippen molar-refractivity contribution in [3.05, 3.63) is 42.0 Å². The molecule has 1 unspecified atom stereocenters. The number of carboxylic acid groups (broad SMARTS) is 1. The van der Waals surface area contributed by atoms with Gasteiger partial charge in [-0.05, 0) is 30.5 Å². The Morgan fingerprint density at radius 1 is 1.62 bits per heavy atom. The highest BCUT2D eigenvalue weighted by Gasteiger charge is 2.19. The lowest BCUT2D eigenvalue weighted by molar-refractivity contribution is -0.138. The first-order valence-corrected chi connectivity index (χ1v) is 5.08. The molecule has 0 spiro atoms. The number of hydrogen-bond donors (Lipinski definition) is 1. The molecule has 1 aromatic rings. The molecule has 1 N–H and O–H groups in total. The summed E-state index contributed by atoms with van der Waals surface area (Å²) in [5.74, 6) is -0.675. The second-order valence-electron chi connectivity index (χ2n) is 3.64. The molecule has 0 saturated carbocycles. The molecular formula is C13H16O3. The Balaban J connectivity index is 3.09. The molecule has 1 atom stereocenters. The molecule has 0 aliphatic carbocycles. The lowest BCUT2D eigenvalue weighted by Gasteiger charge is -2.13. The monoisotopic (exact) mass is 220 g/mol. The standard InChI is InChI=1S/C13H16O3/c1-4-5-11(13(14)15)10-7-6-9(2)12(8-10)16-3/h4,6-8,11H,1,5H2,2-3H3,(H,14,15). The van der Waals surface area contributed by atoms with Gasteiger partial charge in [0.15, 0.2) is 0 Å². The highest BCUT2D eigenvalue weighted by molar-refractivity contribution is 5.76. The number of allylic oxidation sites excluding steroid dienone is 1. The number of ether oxygens (including phenoxy) is 1.